The summed E-state index contributed by atoms with van der Waals surface area (Å²) in [5.41, 5.74) is 1.38. The Bertz CT molecular complexity index is 741. The topological polar surface area (TPSA) is 50.2 Å². The first-order valence-electron chi connectivity index (χ1n) is 9.18. The Morgan fingerprint density at radius 1 is 1.00 bits per heavy atom. The zero-order chi connectivity index (χ0) is 15.6. The maximum Gasteiger partial charge on any atom is 0.260 e. The Morgan fingerprint density at radius 3 is 2.57 bits per heavy atom. The molecule has 1 saturated heterocycles. The van der Waals surface area contributed by atoms with E-state index in [0.29, 0.717) is 0 Å². The van der Waals surface area contributed by atoms with Gasteiger partial charge in [-0.25, -0.2) is 4.98 Å². The van der Waals surface area contributed by atoms with E-state index < -0.39 is 0 Å². The minimum absolute atomic E-state index is 0.0934. The molecular weight excluding hydrogens is 306 g/mol. The van der Waals surface area contributed by atoms with Crippen molar-refractivity contribution in [2.75, 3.05) is 13.1 Å². The van der Waals surface area contributed by atoms with E-state index in [-0.39, 0.29) is 5.56 Å². The fourth-order valence-electron chi connectivity index (χ4n) is 4.11. The molecule has 4 rings (SSSR count). The highest BCUT2D eigenvalue weighted by atomic mass is 32.1. The summed E-state index contributed by atoms with van der Waals surface area (Å²) in [5, 5.41) is 0.885. The Hall–Kier alpha value is -1.20. The molecule has 23 heavy (non-hydrogen) atoms. The third-order valence-corrected chi connectivity index (χ3v) is 6.54. The molecular formula is C18H26N3OS+. The lowest BCUT2D eigenvalue weighted by molar-refractivity contribution is -0.915. The smallest absolute Gasteiger partial charge is 0.260 e. The molecule has 2 aliphatic rings. The average Bonchev–Trinajstić information content (AvgIpc) is 2.88. The van der Waals surface area contributed by atoms with Gasteiger partial charge in [-0.1, -0.05) is 6.42 Å². The number of H-pyrrole nitrogens is 1. The Labute approximate surface area is 140 Å². The van der Waals surface area contributed by atoms with Crippen molar-refractivity contribution in [3.8, 4) is 0 Å². The fraction of sp³-hybridized carbons (Fsp3) is 0.667. The van der Waals surface area contributed by atoms with E-state index in [1.54, 1.807) is 16.2 Å². The van der Waals surface area contributed by atoms with E-state index in [9.17, 15) is 4.79 Å². The number of hydrogen-bond acceptors (Lipinski definition) is 3. The molecule has 0 amide bonds. The molecule has 124 valence electrons. The molecule has 3 heterocycles. The number of aromatic nitrogens is 2. The van der Waals surface area contributed by atoms with E-state index >= 15 is 0 Å². The molecule has 0 aromatic carbocycles. The number of thiophene rings is 1. The largest absolute Gasteiger partial charge is 0.329 e. The molecule has 0 spiro atoms. The number of aromatic amines is 1. The summed E-state index contributed by atoms with van der Waals surface area (Å²) in [4.78, 5) is 24.5. The number of fused-ring (bicyclic) bond motifs is 3. The van der Waals surface area contributed by atoms with E-state index in [2.05, 4.69) is 4.98 Å². The van der Waals surface area contributed by atoms with Crippen LogP contribution in [-0.4, -0.2) is 23.1 Å². The van der Waals surface area contributed by atoms with Crippen LogP contribution >= 0.6 is 11.3 Å². The lowest BCUT2D eigenvalue weighted by Gasteiger charge is -2.21. The number of nitrogens with one attached hydrogen (secondary N) is 2. The van der Waals surface area contributed by atoms with E-state index in [1.807, 2.05) is 0 Å². The molecule has 0 unspecified atom stereocenters. The van der Waals surface area contributed by atoms with Gasteiger partial charge >= 0.3 is 0 Å². The second-order valence-corrected chi connectivity index (χ2v) is 8.18. The molecule has 4 nitrogen and oxygen atoms in total. The number of nitrogens with zero attached hydrogens (tertiary/aromatic N) is 1. The van der Waals surface area contributed by atoms with Crippen molar-refractivity contribution in [2.24, 2.45) is 0 Å². The van der Waals surface area contributed by atoms with Crippen LogP contribution in [0.4, 0.5) is 0 Å². The van der Waals surface area contributed by atoms with Gasteiger partial charge in [0.2, 0.25) is 0 Å². The summed E-state index contributed by atoms with van der Waals surface area (Å²) in [6, 6.07) is 0. The van der Waals surface area contributed by atoms with Crippen LogP contribution in [0.1, 0.15) is 61.2 Å². The lowest BCUT2D eigenvalue weighted by Crippen LogP contribution is -3.10. The lowest BCUT2D eigenvalue weighted by atomic mass is 9.97. The van der Waals surface area contributed by atoms with Gasteiger partial charge in [0.05, 0.1) is 18.5 Å². The highest BCUT2D eigenvalue weighted by Gasteiger charge is 2.21. The molecule has 1 aliphatic heterocycles. The minimum Gasteiger partial charge on any atom is -0.329 e. The second-order valence-electron chi connectivity index (χ2n) is 7.10. The van der Waals surface area contributed by atoms with Crippen LogP contribution in [0.15, 0.2) is 4.79 Å². The van der Waals surface area contributed by atoms with Crippen LogP contribution in [0.25, 0.3) is 10.2 Å². The average molecular weight is 332 g/mol. The quantitative estimate of drug-likeness (QED) is 0.886. The van der Waals surface area contributed by atoms with Crippen LogP contribution in [-0.2, 0) is 19.4 Å². The molecule has 2 aromatic heterocycles. The molecule has 0 radical (unpaired) electrons. The van der Waals surface area contributed by atoms with Crippen molar-refractivity contribution >= 4 is 21.6 Å². The van der Waals surface area contributed by atoms with E-state index in [0.717, 1.165) is 35.4 Å². The van der Waals surface area contributed by atoms with Gasteiger partial charge in [-0.05, 0) is 56.9 Å². The molecule has 5 heteroatoms. The fourth-order valence-corrected chi connectivity index (χ4v) is 5.39. The monoisotopic (exact) mass is 332 g/mol. The van der Waals surface area contributed by atoms with Crippen molar-refractivity contribution in [3.05, 3.63) is 26.6 Å². The zero-order valence-electron chi connectivity index (χ0n) is 13.7. The van der Waals surface area contributed by atoms with E-state index in [1.165, 1.54) is 68.5 Å². The molecule has 1 fully saturated rings. The minimum atomic E-state index is 0.0934. The van der Waals surface area contributed by atoms with Crippen LogP contribution in [0.2, 0.25) is 0 Å². The summed E-state index contributed by atoms with van der Waals surface area (Å²) in [6.45, 7) is 3.29. The first-order chi connectivity index (χ1) is 11.3. The predicted octanol–water partition coefficient (Wildman–Crippen LogP) is 2.21. The standard InChI is InChI=1S/C18H25N3OS/c22-17-16-13-8-4-5-9-14(13)23-18(16)20-15(19-17)12-21-10-6-2-1-3-7-11-21/h1-12H2,(H,19,20,22)/p+1. The van der Waals surface area contributed by atoms with Crippen LogP contribution < -0.4 is 10.5 Å². The molecule has 1 aliphatic carbocycles. The number of quaternary nitrogens is 1. The van der Waals surface area contributed by atoms with Gasteiger partial charge in [0.25, 0.3) is 5.56 Å². The molecule has 2 aromatic rings. The summed E-state index contributed by atoms with van der Waals surface area (Å²) < 4.78 is 0. The SMILES string of the molecule is O=c1[nH]c(C[NH+]2CCCCCCC2)nc2sc3c(c12)CCCC3. The summed E-state index contributed by atoms with van der Waals surface area (Å²) in [6.07, 6.45) is 11.3. The van der Waals surface area contributed by atoms with Crippen LogP contribution in [0.3, 0.4) is 0 Å². The maximum absolute atomic E-state index is 12.6. The van der Waals surface area contributed by atoms with Gasteiger partial charge in [-0.2, -0.15) is 0 Å². The van der Waals surface area contributed by atoms with Crippen molar-refractivity contribution in [2.45, 2.75) is 64.3 Å². The Kier molecular flexibility index (Phi) is 4.49. The molecule has 0 saturated carbocycles. The van der Waals surface area contributed by atoms with Crippen molar-refractivity contribution in [1.29, 1.82) is 0 Å². The van der Waals surface area contributed by atoms with Gasteiger partial charge in [0, 0.05) is 4.88 Å². The number of aryl methyl sites for hydroxylation is 2. The molecule has 0 atom stereocenters. The predicted molar refractivity (Wildman–Crippen MR) is 94.4 cm³/mol. The number of rotatable bonds is 2. The third kappa shape index (κ3) is 3.22. The first-order valence-corrected chi connectivity index (χ1v) is 10.00. The highest BCUT2D eigenvalue weighted by molar-refractivity contribution is 7.18. The van der Waals surface area contributed by atoms with Gasteiger partial charge in [-0.15, -0.1) is 11.3 Å². The van der Waals surface area contributed by atoms with Crippen molar-refractivity contribution in [1.82, 2.24) is 9.97 Å². The molecule has 0 bridgehead atoms. The summed E-state index contributed by atoms with van der Waals surface area (Å²) >= 11 is 1.76. The van der Waals surface area contributed by atoms with Crippen molar-refractivity contribution < 1.29 is 4.90 Å². The van der Waals surface area contributed by atoms with Gasteiger partial charge in [0.15, 0.2) is 5.82 Å². The number of likely N-dealkylation sites (tertiary alicyclic amines) is 1. The zero-order valence-corrected chi connectivity index (χ0v) is 14.6. The normalized spacial score (nSPS) is 20.2. The van der Waals surface area contributed by atoms with Crippen LogP contribution in [0.5, 0.6) is 0 Å². The first kappa shape index (κ1) is 15.3. The third-order valence-electron chi connectivity index (χ3n) is 5.35. The summed E-state index contributed by atoms with van der Waals surface area (Å²) in [7, 11) is 0. The van der Waals surface area contributed by atoms with E-state index in [4.69, 9.17) is 4.98 Å². The van der Waals surface area contributed by atoms with Crippen LogP contribution in [0, 0.1) is 0 Å². The second kappa shape index (κ2) is 6.73. The maximum atomic E-state index is 12.6. The van der Waals surface area contributed by atoms with Gasteiger partial charge in [-0.3, -0.25) is 4.79 Å². The number of hydrogen-bond donors (Lipinski definition) is 2. The Morgan fingerprint density at radius 2 is 1.74 bits per heavy atom. The summed E-state index contributed by atoms with van der Waals surface area (Å²) in [5.74, 6) is 0.886. The highest BCUT2D eigenvalue weighted by Crippen LogP contribution is 2.33. The van der Waals surface area contributed by atoms with Crippen molar-refractivity contribution in [3.63, 3.8) is 0 Å². The van der Waals surface area contributed by atoms with Gasteiger partial charge < -0.3 is 9.88 Å². The van der Waals surface area contributed by atoms with Gasteiger partial charge in [0.1, 0.15) is 11.4 Å². The Balaban J connectivity index is 1.62. The molecule has 2 N–H and O–H groups in total.